The summed E-state index contributed by atoms with van der Waals surface area (Å²) >= 11 is 1.43. The molecule has 1 N–H and O–H groups in total. The van der Waals surface area contributed by atoms with E-state index in [0.29, 0.717) is 17.5 Å². The summed E-state index contributed by atoms with van der Waals surface area (Å²) in [6.07, 6.45) is 5.21. The molecule has 0 spiro atoms. The first-order valence-corrected chi connectivity index (χ1v) is 10.9. The Bertz CT molecular complexity index is 1020. The van der Waals surface area contributed by atoms with Crippen molar-refractivity contribution in [2.45, 2.75) is 46.1 Å². The fourth-order valence-electron chi connectivity index (χ4n) is 3.89. The molecule has 0 unspecified atom stereocenters. The molecule has 29 heavy (non-hydrogen) atoms. The molecule has 0 radical (unpaired) electrons. The third-order valence-corrected chi connectivity index (χ3v) is 6.61. The first kappa shape index (κ1) is 19.6. The minimum Gasteiger partial charge on any atom is -0.494 e. The van der Waals surface area contributed by atoms with Crippen molar-refractivity contribution in [3.05, 3.63) is 41.0 Å². The van der Waals surface area contributed by atoms with E-state index in [9.17, 15) is 4.79 Å². The van der Waals surface area contributed by atoms with Gasteiger partial charge in [-0.05, 0) is 69.9 Å². The lowest BCUT2D eigenvalue weighted by Crippen LogP contribution is -2.38. The molecular formula is C22H26N4O2S. The topological polar surface area (TPSA) is 67.3 Å². The van der Waals surface area contributed by atoms with Gasteiger partial charge in [-0.15, -0.1) is 11.3 Å². The average Bonchev–Trinajstić information content (AvgIpc) is 3.07. The molecule has 1 saturated heterocycles. The van der Waals surface area contributed by atoms with Crippen LogP contribution in [0.25, 0.3) is 10.2 Å². The molecule has 1 aliphatic heterocycles. The number of nitrogens with zero attached hydrogens (tertiary/aromatic N) is 3. The Kier molecular flexibility index (Phi) is 5.67. The van der Waals surface area contributed by atoms with Crippen LogP contribution in [0.5, 0.6) is 5.75 Å². The van der Waals surface area contributed by atoms with Gasteiger partial charge in [0.25, 0.3) is 5.91 Å². The SMILES string of the molecule is CCOc1ccc(NC(=O)c2sc3ncnc(N4CCCC[C@H]4C)c3c2C)cc1. The van der Waals surface area contributed by atoms with E-state index in [0.717, 1.165) is 39.6 Å². The number of carbonyl (C=O) groups excluding carboxylic acids is 1. The second-order valence-corrected chi connectivity index (χ2v) is 8.38. The minimum atomic E-state index is -0.118. The first-order chi connectivity index (χ1) is 14.1. The monoisotopic (exact) mass is 410 g/mol. The zero-order chi connectivity index (χ0) is 20.4. The molecule has 0 saturated carbocycles. The van der Waals surface area contributed by atoms with Crippen LogP contribution >= 0.6 is 11.3 Å². The second kappa shape index (κ2) is 8.37. The van der Waals surface area contributed by atoms with Crippen molar-refractivity contribution >= 4 is 39.0 Å². The number of amides is 1. The Morgan fingerprint density at radius 1 is 1.28 bits per heavy atom. The van der Waals surface area contributed by atoms with Crippen molar-refractivity contribution < 1.29 is 9.53 Å². The van der Waals surface area contributed by atoms with Crippen LogP contribution in [-0.4, -0.2) is 35.1 Å². The number of aromatic nitrogens is 2. The maximum absolute atomic E-state index is 13.0. The number of benzene rings is 1. The van der Waals surface area contributed by atoms with Crippen molar-refractivity contribution in [1.29, 1.82) is 0 Å². The number of hydrogen-bond donors (Lipinski definition) is 1. The van der Waals surface area contributed by atoms with E-state index in [-0.39, 0.29) is 5.91 Å². The summed E-state index contributed by atoms with van der Waals surface area (Å²) in [5, 5.41) is 3.99. The second-order valence-electron chi connectivity index (χ2n) is 7.38. The molecule has 0 bridgehead atoms. The number of thiophene rings is 1. The summed E-state index contributed by atoms with van der Waals surface area (Å²) in [5.74, 6) is 1.63. The third kappa shape index (κ3) is 3.92. The number of nitrogens with one attached hydrogen (secondary N) is 1. The Morgan fingerprint density at radius 3 is 2.79 bits per heavy atom. The fraction of sp³-hybridized carbons (Fsp3) is 0.409. The van der Waals surface area contributed by atoms with Crippen LogP contribution in [0.4, 0.5) is 11.5 Å². The highest BCUT2D eigenvalue weighted by molar-refractivity contribution is 7.20. The number of piperidine rings is 1. The maximum atomic E-state index is 13.0. The zero-order valence-corrected chi connectivity index (χ0v) is 17.9. The van der Waals surface area contributed by atoms with Crippen LogP contribution in [0.15, 0.2) is 30.6 Å². The lowest BCUT2D eigenvalue weighted by Gasteiger charge is -2.34. The molecule has 2 aromatic heterocycles. The number of anilines is 2. The van der Waals surface area contributed by atoms with Crippen LogP contribution in [-0.2, 0) is 0 Å². The highest BCUT2D eigenvalue weighted by Crippen LogP contribution is 2.37. The Morgan fingerprint density at radius 2 is 2.07 bits per heavy atom. The van der Waals surface area contributed by atoms with Crippen LogP contribution in [0.2, 0.25) is 0 Å². The van der Waals surface area contributed by atoms with Gasteiger partial charge in [-0.25, -0.2) is 9.97 Å². The van der Waals surface area contributed by atoms with Crippen LogP contribution < -0.4 is 15.0 Å². The predicted molar refractivity (Wildman–Crippen MR) is 118 cm³/mol. The standard InChI is InChI=1S/C22H26N4O2S/c1-4-28-17-10-8-16(9-11-17)25-21(27)19-15(3)18-20(23-13-24-22(18)29-19)26-12-6-5-7-14(26)2/h8-11,13-14H,4-7,12H2,1-3H3,(H,25,27)/t14-/m1/s1. The van der Waals surface area contributed by atoms with Crippen molar-refractivity contribution in [3.63, 3.8) is 0 Å². The summed E-state index contributed by atoms with van der Waals surface area (Å²) < 4.78 is 5.46. The van der Waals surface area contributed by atoms with E-state index in [1.807, 2.05) is 38.1 Å². The number of fused-ring (bicyclic) bond motifs is 1. The lowest BCUT2D eigenvalue weighted by atomic mass is 10.0. The van der Waals surface area contributed by atoms with Crippen molar-refractivity contribution in [1.82, 2.24) is 9.97 Å². The van der Waals surface area contributed by atoms with Gasteiger partial charge >= 0.3 is 0 Å². The predicted octanol–water partition coefficient (Wildman–Crippen LogP) is 5.03. The number of hydrogen-bond acceptors (Lipinski definition) is 6. The van der Waals surface area contributed by atoms with Crippen molar-refractivity contribution in [2.24, 2.45) is 0 Å². The van der Waals surface area contributed by atoms with Gasteiger partial charge in [0.15, 0.2) is 0 Å². The van der Waals surface area contributed by atoms with Crippen LogP contribution in [0.3, 0.4) is 0 Å². The first-order valence-electron chi connectivity index (χ1n) is 10.1. The molecule has 0 aliphatic carbocycles. The van der Waals surface area contributed by atoms with E-state index in [4.69, 9.17) is 4.74 Å². The molecule has 1 aromatic carbocycles. The molecule has 1 atom stereocenters. The molecular weight excluding hydrogens is 384 g/mol. The van der Waals surface area contributed by atoms with Crippen LogP contribution in [0, 0.1) is 6.92 Å². The minimum absolute atomic E-state index is 0.118. The van der Waals surface area contributed by atoms with Gasteiger partial charge in [-0.2, -0.15) is 0 Å². The lowest BCUT2D eigenvalue weighted by molar-refractivity contribution is 0.103. The summed E-state index contributed by atoms with van der Waals surface area (Å²) in [6.45, 7) is 7.80. The molecule has 152 valence electrons. The van der Waals surface area contributed by atoms with Crippen molar-refractivity contribution in [2.75, 3.05) is 23.4 Å². The summed E-state index contributed by atoms with van der Waals surface area (Å²) in [6, 6.07) is 7.87. The Balaban J connectivity index is 1.63. The average molecular weight is 411 g/mol. The molecule has 1 amide bonds. The quantitative estimate of drug-likeness (QED) is 0.639. The van der Waals surface area contributed by atoms with Crippen molar-refractivity contribution in [3.8, 4) is 5.75 Å². The molecule has 3 heterocycles. The maximum Gasteiger partial charge on any atom is 0.266 e. The van der Waals surface area contributed by atoms with E-state index >= 15 is 0 Å². The number of carbonyl (C=O) groups is 1. The Labute approximate surface area is 174 Å². The summed E-state index contributed by atoms with van der Waals surface area (Å²) in [7, 11) is 0. The number of aryl methyl sites for hydroxylation is 1. The van der Waals surface area contributed by atoms with E-state index in [2.05, 4.69) is 27.1 Å². The zero-order valence-electron chi connectivity index (χ0n) is 17.1. The molecule has 1 aliphatic rings. The smallest absolute Gasteiger partial charge is 0.266 e. The Hall–Kier alpha value is -2.67. The van der Waals surface area contributed by atoms with Gasteiger partial charge in [0, 0.05) is 18.3 Å². The highest BCUT2D eigenvalue weighted by Gasteiger charge is 2.25. The number of ether oxygens (including phenoxy) is 1. The molecule has 3 aromatic rings. The van der Waals surface area contributed by atoms with Gasteiger partial charge in [0.05, 0.1) is 16.9 Å². The highest BCUT2D eigenvalue weighted by atomic mass is 32.1. The van der Waals surface area contributed by atoms with Crippen LogP contribution in [0.1, 0.15) is 48.3 Å². The molecule has 7 heteroatoms. The summed E-state index contributed by atoms with van der Waals surface area (Å²) in [4.78, 5) is 25.9. The van der Waals surface area contributed by atoms with Gasteiger partial charge < -0.3 is 15.0 Å². The molecule has 1 fully saturated rings. The normalized spacial score (nSPS) is 16.8. The molecule has 4 rings (SSSR count). The largest absolute Gasteiger partial charge is 0.494 e. The van der Waals surface area contributed by atoms with Gasteiger partial charge in [0.2, 0.25) is 0 Å². The van der Waals surface area contributed by atoms with E-state index < -0.39 is 0 Å². The third-order valence-electron chi connectivity index (χ3n) is 5.41. The van der Waals surface area contributed by atoms with Gasteiger partial charge in [-0.3, -0.25) is 4.79 Å². The molecule has 6 nitrogen and oxygen atoms in total. The van der Waals surface area contributed by atoms with Gasteiger partial charge in [0.1, 0.15) is 22.7 Å². The van der Waals surface area contributed by atoms with E-state index in [1.54, 1.807) is 6.33 Å². The fourth-order valence-corrected chi connectivity index (χ4v) is 4.93. The van der Waals surface area contributed by atoms with E-state index in [1.165, 1.54) is 30.6 Å². The van der Waals surface area contributed by atoms with Gasteiger partial charge in [-0.1, -0.05) is 0 Å². The summed E-state index contributed by atoms with van der Waals surface area (Å²) in [5.41, 5.74) is 1.69. The number of rotatable bonds is 5.